The maximum Gasteiger partial charge on any atom is 0.0621 e. The van der Waals surface area contributed by atoms with E-state index in [2.05, 4.69) is 11.8 Å². The summed E-state index contributed by atoms with van der Waals surface area (Å²) >= 11 is 0. The fourth-order valence-corrected chi connectivity index (χ4v) is 2.51. The molecule has 0 unspecified atom stereocenters. The molecule has 0 amide bonds. The molecule has 0 atom stereocenters. The van der Waals surface area contributed by atoms with E-state index < -0.39 is 0 Å². The van der Waals surface area contributed by atoms with E-state index in [-0.39, 0.29) is 6.61 Å². The van der Waals surface area contributed by atoms with Gasteiger partial charge in [0.25, 0.3) is 0 Å². The van der Waals surface area contributed by atoms with Crippen molar-refractivity contribution in [2.75, 3.05) is 6.61 Å². The van der Waals surface area contributed by atoms with Gasteiger partial charge in [0, 0.05) is 11.1 Å². The molecule has 116 valence electrons. The minimum Gasteiger partial charge on any atom is -0.392 e. The van der Waals surface area contributed by atoms with Crippen LogP contribution in [0.3, 0.4) is 0 Å². The minimum absolute atomic E-state index is 0.0137. The first kappa shape index (κ1) is 15.8. The van der Waals surface area contributed by atoms with Crippen LogP contribution in [0.15, 0.2) is 91.0 Å². The molecule has 3 rings (SSSR count). The first-order valence-electron chi connectivity index (χ1n) is 7.91. The standard InChI is InChI=1S/C23H18O/c24-18-17-23(21-9-5-2-6-10-21)22-15-13-20(14-16-22)12-11-19-7-3-1-4-8-19/h1-10,13-17,24H,18H2/b23-17+. The molecule has 0 saturated carbocycles. The molecule has 0 radical (unpaired) electrons. The molecule has 0 aliphatic carbocycles. The Morgan fingerprint density at radius 1 is 0.667 bits per heavy atom. The zero-order chi connectivity index (χ0) is 16.6. The quantitative estimate of drug-likeness (QED) is 0.706. The highest BCUT2D eigenvalue weighted by Gasteiger charge is 2.04. The molecule has 0 aliphatic rings. The summed E-state index contributed by atoms with van der Waals surface area (Å²) in [6.45, 7) is 0.0137. The zero-order valence-corrected chi connectivity index (χ0v) is 13.3. The van der Waals surface area contributed by atoms with E-state index >= 15 is 0 Å². The topological polar surface area (TPSA) is 20.2 Å². The summed E-state index contributed by atoms with van der Waals surface area (Å²) in [4.78, 5) is 0. The fraction of sp³-hybridized carbons (Fsp3) is 0.0435. The Hall–Kier alpha value is -3.08. The van der Waals surface area contributed by atoms with Crippen LogP contribution in [0.4, 0.5) is 0 Å². The highest BCUT2D eigenvalue weighted by Crippen LogP contribution is 2.23. The molecule has 1 nitrogen and oxygen atoms in total. The monoisotopic (exact) mass is 310 g/mol. The third kappa shape index (κ3) is 4.01. The molecule has 0 spiro atoms. The van der Waals surface area contributed by atoms with Crippen LogP contribution in [0.1, 0.15) is 22.3 Å². The minimum atomic E-state index is 0.0137. The Bertz CT molecular complexity index is 864. The van der Waals surface area contributed by atoms with Crippen LogP contribution in [-0.2, 0) is 0 Å². The van der Waals surface area contributed by atoms with E-state index in [1.54, 1.807) is 0 Å². The molecule has 0 aliphatic heterocycles. The van der Waals surface area contributed by atoms with Crippen molar-refractivity contribution in [3.05, 3.63) is 113 Å². The molecule has 0 heterocycles. The highest BCUT2D eigenvalue weighted by molar-refractivity contribution is 5.80. The lowest BCUT2D eigenvalue weighted by Gasteiger charge is -2.08. The maximum absolute atomic E-state index is 9.33. The van der Waals surface area contributed by atoms with Gasteiger partial charge in [-0.15, -0.1) is 0 Å². The van der Waals surface area contributed by atoms with Crippen molar-refractivity contribution >= 4 is 5.57 Å². The van der Waals surface area contributed by atoms with Gasteiger partial charge >= 0.3 is 0 Å². The van der Waals surface area contributed by atoms with E-state index in [1.807, 2.05) is 91.0 Å². The van der Waals surface area contributed by atoms with Crippen molar-refractivity contribution in [1.29, 1.82) is 0 Å². The van der Waals surface area contributed by atoms with Gasteiger partial charge in [-0.2, -0.15) is 0 Å². The summed E-state index contributed by atoms with van der Waals surface area (Å²) in [6.07, 6.45) is 1.83. The first-order chi connectivity index (χ1) is 11.9. The number of benzene rings is 3. The lowest BCUT2D eigenvalue weighted by atomic mass is 9.97. The number of aliphatic hydroxyl groups excluding tert-OH is 1. The van der Waals surface area contributed by atoms with Gasteiger partial charge in [0.1, 0.15) is 0 Å². The summed E-state index contributed by atoms with van der Waals surface area (Å²) in [5.41, 5.74) is 5.17. The second kappa shape index (κ2) is 7.97. The average Bonchev–Trinajstić information content (AvgIpc) is 2.66. The zero-order valence-electron chi connectivity index (χ0n) is 13.3. The van der Waals surface area contributed by atoms with Gasteiger partial charge in [-0.05, 0) is 41.0 Å². The third-order valence-electron chi connectivity index (χ3n) is 3.70. The van der Waals surface area contributed by atoms with Crippen molar-refractivity contribution in [2.45, 2.75) is 0 Å². The van der Waals surface area contributed by atoms with E-state index in [0.717, 1.165) is 27.8 Å². The average molecular weight is 310 g/mol. The van der Waals surface area contributed by atoms with Crippen molar-refractivity contribution in [3.8, 4) is 11.8 Å². The van der Waals surface area contributed by atoms with Gasteiger partial charge in [-0.25, -0.2) is 0 Å². The van der Waals surface area contributed by atoms with E-state index in [9.17, 15) is 5.11 Å². The Morgan fingerprint density at radius 2 is 1.17 bits per heavy atom. The van der Waals surface area contributed by atoms with Gasteiger partial charge in [-0.3, -0.25) is 0 Å². The molecule has 1 heteroatoms. The summed E-state index contributed by atoms with van der Waals surface area (Å²) in [5, 5.41) is 9.33. The molecular weight excluding hydrogens is 292 g/mol. The van der Waals surface area contributed by atoms with Gasteiger partial charge in [0.15, 0.2) is 0 Å². The fourth-order valence-electron chi connectivity index (χ4n) is 2.51. The number of hydrogen-bond donors (Lipinski definition) is 1. The van der Waals surface area contributed by atoms with E-state index in [4.69, 9.17) is 0 Å². The number of aliphatic hydroxyl groups is 1. The lowest BCUT2D eigenvalue weighted by Crippen LogP contribution is -1.90. The second-order valence-corrected chi connectivity index (χ2v) is 5.36. The van der Waals surface area contributed by atoms with Crippen molar-refractivity contribution in [3.63, 3.8) is 0 Å². The van der Waals surface area contributed by atoms with Crippen molar-refractivity contribution in [2.24, 2.45) is 0 Å². The maximum atomic E-state index is 9.33. The molecule has 0 fully saturated rings. The summed E-state index contributed by atoms with van der Waals surface area (Å²) in [5.74, 6) is 6.34. The largest absolute Gasteiger partial charge is 0.392 e. The molecule has 1 N–H and O–H groups in total. The van der Waals surface area contributed by atoms with Crippen LogP contribution < -0.4 is 0 Å². The molecular formula is C23H18O. The molecule has 0 bridgehead atoms. The van der Waals surface area contributed by atoms with Crippen molar-refractivity contribution in [1.82, 2.24) is 0 Å². The van der Waals surface area contributed by atoms with Crippen LogP contribution in [0.5, 0.6) is 0 Å². The Morgan fingerprint density at radius 3 is 1.75 bits per heavy atom. The summed E-state index contributed by atoms with van der Waals surface area (Å²) in [6, 6.07) is 28.2. The van der Waals surface area contributed by atoms with Gasteiger partial charge in [-0.1, -0.05) is 78.6 Å². The van der Waals surface area contributed by atoms with Gasteiger partial charge < -0.3 is 5.11 Å². The molecule has 24 heavy (non-hydrogen) atoms. The van der Waals surface area contributed by atoms with Crippen LogP contribution in [0.25, 0.3) is 5.57 Å². The smallest absolute Gasteiger partial charge is 0.0621 e. The summed E-state index contributed by atoms with van der Waals surface area (Å²) < 4.78 is 0. The normalized spacial score (nSPS) is 10.8. The number of hydrogen-bond acceptors (Lipinski definition) is 1. The second-order valence-electron chi connectivity index (χ2n) is 5.36. The predicted octanol–water partition coefficient (Wildman–Crippen LogP) is 4.51. The lowest BCUT2D eigenvalue weighted by molar-refractivity contribution is 0.343. The van der Waals surface area contributed by atoms with E-state index in [0.29, 0.717) is 0 Å². The van der Waals surface area contributed by atoms with E-state index in [1.165, 1.54) is 0 Å². The van der Waals surface area contributed by atoms with Crippen LogP contribution in [0, 0.1) is 11.8 Å². The summed E-state index contributed by atoms with van der Waals surface area (Å²) in [7, 11) is 0. The molecule has 3 aromatic rings. The highest BCUT2D eigenvalue weighted by atomic mass is 16.2. The van der Waals surface area contributed by atoms with Gasteiger partial charge in [0.2, 0.25) is 0 Å². The Labute approximate surface area is 142 Å². The van der Waals surface area contributed by atoms with Crippen molar-refractivity contribution < 1.29 is 5.11 Å². The molecule has 0 saturated heterocycles. The Balaban J connectivity index is 1.86. The molecule has 3 aromatic carbocycles. The number of rotatable bonds is 3. The predicted molar refractivity (Wildman–Crippen MR) is 99.5 cm³/mol. The SMILES string of the molecule is OC/C=C(\c1ccccc1)c1ccc(C#Cc2ccccc2)cc1. The first-order valence-corrected chi connectivity index (χ1v) is 7.91. The van der Waals surface area contributed by atoms with Crippen LogP contribution >= 0.6 is 0 Å². The van der Waals surface area contributed by atoms with Crippen LogP contribution in [-0.4, -0.2) is 11.7 Å². The molecule has 0 aromatic heterocycles. The van der Waals surface area contributed by atoms with Gasteiger partial charge in [0.05, 0.1) is 6.61 Å². The Kier molecular flexibility index (Phi) is 5.24. The third-order valence-corrected chi connectivity index (χ3v) is 3.70. The van der Waals surface area contributed by atoms with Crippen LogP contribution in [0.2, 0.25) is 0 Å².